The Bertz CT molecular complexity index is 331. The molecule has 112 valence electrons. The number of nitrogens with one attached hydrogen (secondary N) is 1. The van der Waals surface area contributed by atoms with Crippen molar-refractivity contribution < 1.29 is 4.74 Å². The molecule has 2 aliphatic rings. The molecule has 1 aliphatic heterocycles. The summed E-state index contributed by atoms with van der Waals surface area (Å²) in [5, 5.41) is 3.40. The van der Waals surface area contributed by atoms with Gasteiger partial charge in [-0.3, -0.25) is 4.99 Å². The second kappa shape index (κ2) is 6.61. The highest BCUT2D eigenvalue weighted by Crippen LogP contribution is 2.51. The Morgan fingerprint density at radius 1 is 1.47 bits per heavy atom. The fraction of sp³-hybridized carbons (Fsp3) is 0.929. The fourth-order valence-electron chi connectivity index (χ4n) is 3.27. The topological polar surface area (TPSA) is 59.6 Å². The molecular formula is C14H28IN3O. The molecule has 2 rings (SSSR count). The molecule has 1 heterocycles. The summed E-state index contributed by atoms with van der Waals surface area (Å²) in [6, 6.07) is 0.410. The molecule has 1 saturated carbocycles. The molecule has 2 fully saturated rings. The SMILES string of the molecule is CC(C)CCN=C(N)NC1C2CCOC2C1(C)C.I. The first kappa shape index (κ1) is 17.0. The van der Waals surface area contributed by atoms with Crippen LogP contribution in [0.15, 0.2) is 4.99 Å². The molecule has 0 radical (unpaired) electrons. The van der Waals surface area contributed by atoms with Gasteiger partial charge in [0, 0.05) is 30.5 Å². The molecule has 4 nitrogen and oxygen atoms in total. The number of nitrogens with two attached hydrogens (primary N) is 1. The van der Waals surface area contributed by atoms with E-state index in [1.54, 1.807) is 0 Å². The van der Waals surface area contributed by atoms with Gasteiger partial charge in [0.1, 0.15) is 0 Å². The van der Waals surface area contributed by atoms with Crippen LogP contribution in [-0.2, 0) is 4.74 Å². The lowest BCUT2D eigenvalue weighted by Gasteiger charge is -2.54. The maximum atomic E-state index is 5.97. The van der Waals surface area contributed by atoms with Crippen molar-refractivity contribution in [3.63, 3.8) is 0 Å². The summed E-state index contributed by atoms with van der Waals surface area (Å²) in [7, 11) is 0. The van der Waals surface area contributed by atoms with Crippen molar-refractivity contribution in [3.05, 3.63) is 0 Å². The first-order valence-corrected chi connectivity index (χ1v) is 7.11. The molecule has 0 amide bonds. The number of rotatable bonds is 4. The summed E-state index contributed by atoms with van der Waals surface area (Å²) in [6.45, 7) is 10.6. The van der Waals surface area contributed by atoms with Crippen molar-refractivity contribution in [1.29, 1.82) is 0 Å². The number of halogens is 1. The van der Waals surface area contributed by atoms with Gasteiger partial charge in [-0.15, -0.1) is 24.0 Å². The van der Waals surface area contributed by atoms with Crippen molar-refractivity contribution in [2.75, 3.05) is 13.2 Å². The van der Waals surface area contributed by atoms with Crippen molar-refractivity contribution in [3.8, 4) is 0 Å². The van der Waals surface area contributed by atoms with Crippen LogP contribution in [0.2, 0.25) is 0 Å². The molecule has 3 atom stereocenters. The minimum atomic E-state index is 0. The largest absolute Gasteiger partial charge is 0.377 e. The minimum absolute atomic E-state index is 0. The average molecular weight is 381 g/mol. The third kappa shape index (κ3) is 3.54. The van der Waals surface area contributed by atoms with Crippen LogP contribution in [-0.4, -0.2) is 31.3 Å². The van der Waals surface area contributed by atoms with Gasteiger partial charge in [-0.2, -0.15) is 0 Å². The van der Waals surface area contributed by atoms with E-state index in [0.717, 1.165) is 26.0 Å². The fourth-order valence-corrected chi connectivity index (χ4v) is 3.27. The van der Waals surface area contributed by atoms with Crippen molar-refractivity contribution >= 4 is 29.9 Å². The van der Waals surface area contributed by atoms with Crippen LogP contribution in [0.3, 0.4) is 0 Å². The van der Waals surface area contributed by atoms with Gasteiger partial charge in [-0.25, -0.2) is 0 Å². The van der Waals surface area contributed by atoms with Crippen molar-refractivity contribution in [2.24, 2.45) is 28.0 Å². The van der Waals surface area contributed by atoms with Crippen LogP contribution in [0.25, 0.3) is 0 Å². The number of ether oxygens (including phenoxy) is 1. The summed E-state index contributed by atoms with van der Waals surface area (Å²) in [6.07, 6.45) is 2.63. The maximum Gasteiger partial charge on any atom is 0.188 e. The van der Waals surface area contributed by atoms with E-state index >= 15 is 0 Å². The number of guanidine groups is 1. The molecule has 0 aromatic rings. The lowest BCUT2D eigenvalue weighted by molar-refractivity contribution is -0.106. The van der Waals surface area contributed by atoms with Gasteiger partial charge in [0.15, 0.2) is 5.96 Å². The Morgan fingerprint density at radius 3 is 2.79 bits per heavy atom. The lowest BCUT2D eigenvalue weighted by atomic mass is 9.57. The van der Waals surface area contributed by atoms with Crippen LogP contribution >= 0.6 is 24.0 Å². The number of hydrogen-bond donors (Lipinski definition) is 2. The van der Waals surface area contributed by atoms with Gasteiger partial charge in [0.2, 0.25) is 0 Å². The second-order valence-corrected chi connectivity index (χ2v) is 6.64. The minimum Gasteiger partial charge on any atom is -0.377 e. The third-order valence-corrected chi connectivity index (χ3v) is 4.39. The first-order valence-electron chi connectivity index (χ1n) is 7.11. The van der Waals surface area contributed by atoms with E-state index in [1.807, 2.05) is 0 Å². The molecule has 0 aromatic heterocycles. The Balaban J connectivity index is 0.00000180. The molecule has 3 N–H and O–H groups in total. The highest BCUT2D eigenvalue weighted by atomic mass is 127. The van der Waals surface area contributed by atoms with Crippen molar-refractivity contribution in [1.82, 2.24) is 5.32 Å². The third-order valence-electron chi connectivity index (χ3n) is 4.39. The van der Waals surface area contributed by atoms with E-state index < -0.39 is 0 Å². The van der Waals surface area contributed by atoms with Crippen LogP contribution in [0, 0.1) is 17.3 Å². The standard InChI is InChI=1S/C14H27N3O.HI/c1-9(2)5-7-16-13(15)17-11-10-6-8-18-12(10)14(11,3)4;/h9-12H,5-8H2,1-4H3,(H3,15,16,17);1H. The van der Waals surface area contributed by atoms with E-state index in [2.05, 4.69) is 38.0 Å². The van der Waals surface area contributed by atoms with Crippen LogP contribution in [0.4, 0.5) is 0 Å². The van der Waals surface area contributed by atoms with Gasteiger partial charge in [0.25, 0.3) is 0 Å². The molecule has 0 bridgehead atoms. The molecule has 19 heavy (non-hydrogen) atoms. The Labute approximate surface area is 134 Å². The number of hydrogen-bond acceptors (Lipinski definition) is 2. The van der Waals surface area contributed by atoms with Gasteiger partial charge in [-0.1, -0.05) is 27.7 Å². The van der Waals surface area contributed by atoms with E-state index in [1.165, 1.54) is 0 Å². The molecular weight excluding hydrogens is 353 g/mol. The van der Waals surface area contributed by atoms with Gasteiger partial charge in [0.05, 0.1) is 6.10 Å². The van der Waals surface area contributed by atoms with E-state index in [9.17, 15) is 0 Å². The maximum absolute atomic E-state index is 5.97. The summed E-state index contributed by atoms with van der Waals surface area (Å²) in [5.41, 5.74) is 6.14. The number of fused-ring (bicyclic) bond motifs is 1. The summed E-state index contributed by atoms with van der Waals surface area (Å²) < 4.78 is 5.77. The Hall–Kier alpha value is -0.0400. The van der Waals surface area contributed by atoms with E-state index in [0.29, 0.717) is 29.9 Å². The zero-order chi connectivity index (χ0) is 13.3. The highest BCUT2D eigenvalue weighted by molar-refractivity contribution is 14.0. The smallest absolute Gasteiger partial charge is 0.188 e. The normalized spacial score (nSPS) is 32.5. The lowest BCUT2D eigenvalue weighted by Crippen LogP contribution is -2.67. The molecule has 5 heteroatoms. The van der Waals surface area contributed by atoms with E-state index in [4.69, 9.17) is 10.5 Å². The van der Waals surface area contributed by atoms with Crippen molar-refractivity contribution in [2.45, 2.75) is 52.7 Å². The van der Waals surface area contributed by atoms with E-state index in [-0.39, 0.29) is 29.4 Å². The van der Waals surface area contributed by atoms with Gasteiger partial charge >= 0.3 is 0 Å². The second-order valence-electron chi connectivity index (χ2n) is 6.64. The summed E-state index contributed by atoms with van der Waals surface area (Å²) in [4.78, 5) is 4.41. The van der Waals surface area contributed by atoms with Crippen LogP contribution in [0.1, 0.15) is 40.5 Å². The molecule has 1 saturated heterocycles. The zero-order valence-electron chi connectivity index (χ0n) is 12.5. The monoisotopic (exact) mass is 381 g/mol. The zero-order valence-corrected chi connectivity index (χ0v) is 14.8. The first-order chi connectivity index (χ1) is 8.43. The molecule has 0 aromatic carbocycles. The average Bonchev–Trinajstić information content (AvgIpc) is 2.72. The summed E-state index contributed by atoms with van der Waals surface area (Å²) in [5.74, 6) is 1.88. The molecule has 0 spiro atoms. The summed E-state index contributed by atoms with van der Waals surface area (Å²) >= 11 is 0. The Morgan fingerprint density at radius 2 is 2.16 bits per heavy atom. The van der Waals surface area contributed by atoms with Crippen LogP contribution < -0.4 is 11.1 Å². The predicted molar refractivity (Wildman–Crippen MR) is 89.9 cm³/mol. The predicted octanol–water partition coefficient (Wildman–Crippen LogP) is 2.37. The number of aliphatic imine (C=N–C) groups is 1. The van der Waals surface area contributed by atoms with Gasteiger partial charge < -0.3 is 15.8 Å². The highest BCUT2D eigenvalue weighted by Gasteiger charge is 2.59. The Kier molecular flexibility index (Phi) is 5.92. The number of nitrogens with zero attached hydrogens (tertiary/aromatic N) is 1. The van der Waals surface area contributed by atoms with Crippen LogP contribution in [0.5, 0.6) is 0 Å². The molecule has 3 unspecified atom stereocenters. The molecule has 1 aliphatic carbocycles. The van der Waals surface area contributed by atoms with Gasteiger partial charge in [-0.05, 0) is 18.8 Å². The quantitative estimate of drug-likeness (QED) is 0.447.